The van der Waals surface area contributed by atoms with E-state index in [1.165, 1.54) is 62.7 Å². The normalized spacial score (nSPS) is 26.0. The van der Waals surface area contributed by atoms with E-state index in [1.54, 1.807) is 0 Å². The Balaban J connectivity index is 1.29. The van der Waals surface area contributed by atoms with E-state index >= 15 is 0 Å². The third-order valence-electron chi connectivity index (χ3n) is 7.14. The van der Waals surface area contributed by atoms with Crippen molar-refractivity contribution in [2.45, 2.75) is 84.2 Å². The molecule has 0 radical (unpaired) electrons. The minimum absolute atomic E-state index is 0.189. The standard InChI is InChI=1S/C26H38N2O2/c1-26(2,3)25(29)27-22-12-10-19(11-13-22)14-16-28-15-5-4-8-23(28)21-17-20-7-6-9-24(20)30-18-21/h6-7,9,17-19,22-23H,4-5,8,10-16H2,1-3H3,(H,27,29)/t19-,22-,23?. The molecule has 4 rings (SSSR count). The maximum Gasteiger partial charge on any atom is 0.225 e. The lowest BCUT2D eigenvalue weighted by atomic mass is 9.83. The third kappa shape index (κ3) is 5.08. The van der Waals surface area contributed by atoms with Gasteiger partial charge in [0.1, 0.15) is 5.76 Å². The molecule has 2 heterocycles. The smallest absolute Gasteiger partial charge is 0.225 e. The van der Waals surface area contributed by atoms with E-state index in [2.05, 4.69) is 28.4 Å². The molecule has 1 atom stereocenters. The number of rotatable bonds is 5. The van der Waals surface area contributed by atoms with E-state index in [-0.39, 0.29) is 11.3 Å². The molecule has 2 aliphatic heterocycles. The van der Waals surface area contributed by atoms with Crippen molar-refractivity contribution in [2.75, 3.05) is 13.1 Å². The van der Waals surface area contributed by atoms with E-state index < -0.39 is 0 Å². The second kappa shape index (κ2) is 9.13. The molecular formula is C26H38N2O2. The summed E-state index contributed by atoms with van der Waals surface area (Å²) in [6.07, 6.45) is 11.8. The number of nitrogens with zero attached hydrogens (tertiary/aromatic N) is 1. The van der Waals surface area contributed by atoms with E-state index in [9.17, 15) is 4.79 Å². The highest BCUT2D eigenvalue weighted by atomic mass is 16.3. The van der Waals surface area contributed by atoms with Gasteiger partial charge in [-0.05, 0) is 76.1 Å². The van der Waals surface area contributed by atoms with Gasteiger partial charge >= 0.3 is 0 Å². The van der Waals surface area contributed by atoms with Crippen LogP contribution in [0.4, 0.5) is 0 Å². The van der Waals surface area contributed by atoms with Crippen LogP contribution in [0.2, 0.25) is 0 Å². The Kier molecular flexibility index (Phi) is 6.52. The van der Waals surface area contributed by atoms with Crippen molar-refractivity contribution in [3.63, 3.8) is 0 Å². The quantitative estimate of drug-likeness (QED) is 0.655. The van der Waals surface area contributed by atoms with Crippen LogP contribution in [-0.2, 0) is 4.79 Å². The van der Waals surface area contributed by atoms with Crippen molar-refractivity contribution in [1.82, 2.24) is 10.2 Å². The summed E-state index contributed by atoms with van der Waals surface area (Å²) in [4.78, 5) is 14.9. The van der Waals surface area contributed by atoms with E-state index in [4.69, 9.17) is 4.42 Å². The Labute approximate surface area is 181 Å². The van der Waals surface area contributed by atoms with Crippen LogP contribution in [0.5, 0.6) is 0 Å². The van der Waals surface area contributed by atoms with Gasteiger partial charge in [-0.3, -0.25) is 9.69 Å². The molecule has 164 valence electrons. The number of carbonyl (C=O) groups is 1. The molecule has 0 bridgehead atoms. The van der Waals surface area contributed by atoms with Crippen LogP contribution in [0, 0.1) is 11.3 Å². The number of piperidine rings is 1. The Hall–Kier alpha value is -1.81. The highest BCUT2D eigenvalue weighted by Gasteiger charge is 2.29. The molecule has 4 aliphatic rings. The summed E-state index contributed by atoms with van der Waals surface area (Å²) < 4.78 is 5.88. The molecular weight excluding hydrogens is 372 g/mol. The zero-order valence-corrected chi connectivity index (χ0v) is 19.0. The number of likely N-dealkylation sites (tertiary alicyclic amines) is 1. The maximum absolute atomic E-state index is 12.3. The van der Waals surface area contributed by atoms with Crippen LogP contribution in [-0.4, -0.2) is 29.9 Å². The average molecular weight is 411 g/mol. The second-order valence-corrected chi connectivity index (χ2v) is 10.5. The second-order valence-electron chi connectivity index (χ2n) is 10.5. The topological polar surface area (TPSA) is 45.5 Å². The Morgan fingerprint density at radius 3 is 2.70 bits per heavy atom. The van der Waals surface area contributed by atoms with Gasteiger partial charge < -0.3 is 9.73 Å². The van der Waals surface area contributed by atoms with Crippen molar-refractivity contribution in [1.29, 1.82) is 0 Å². The predicted molar refractivity (Wildman–Crippen MR) is 121 cm³/mol. The Bertz CT molecular complexity index is 798. The number of hydrogen-bond acceptors (Lipinski definition) is 3. The van der Waals surface area contributed by atoms with Crippen molar-refractivity contribution in [2.24, 2.45) is 11.3 Å². The zero-order valence-electron chi connectivity index (χ0n) is 19.0. The zero-order chi connectivity index (χ0) is 21.1. The Morgan fingerprint density at radius 1 is 1.13 bits per heavy atom. The van der Waals surface area contributed by atoms with Gasteiger partial charge in [0.25, 0.3) is 0 Å². The van der Waals surface area contributed by atoms with E-state index in [1.807, 2.05) is 33.1 Å². The monoisotopic (exact) mass is 410 g/mol. The van der Waals surface area contributed by atoms with Crippen molar-refractivity contribution in [3.8, 4) is 11.3 Å². The molecule has 1 saturated heterocycles. The molecule has 2 fully saturated rings. The van der Waals surface area contributed by atoms with Crippen molar-refractivity contribution < 1.29 is 9.21 Å². The molecule has 1 N–H and O–H groups in total. The highest BCUT2D eigenvalue weighted by Crippen LogP contribution is 2.36. The summed E-state index contributed by atoms with van der Waals surface area (Å²) >= 11 is 0. The fourth-order valence-corrected chi connectivity index (χ4v) is 5.15. The van der Waals surface area contributed by atoms with Gasteiger partial charge in [0.2, 0.25) is 5.91 Å². The third-order valence-corrected chi connectivity index (χ3v) is 7.14. The lowest BCUT2D eigenvalue weighted by Gasteiger charge is -2.38. The first-order valence-electron chi connectivity index (χ1n) is 11.9. The van der Waals surface area contributed by atoms with Crippen LogP contribution < -0.4 is 5.32 Å². The van der Waals surface area contributed by atoms with Crippen LogP contribution in [0.25, 0.3) is 11.3 Å². The number of fused-ring (bicyclic) bond motifs is 1. The van der Waals surface area contributed by atoms with Crippen LogP contribution in [0.3, 0.4) is 0 Å². The minimum atomic E-state index is -0.294. The molecule has 1 saturated carbocycles. The summed E-state index contributed by atoms with van der Waals surface area (Å²) in [6.45, 7) is 8.34. The summed E-state index contributed by atoms with van der Waals surface area (Å²) in [5.74, 6) is 1.96. The summed E-state index contributed by atoms with van der Waals surface area (Å²) in [5, 5.41) is 3.27. The SMILES string of the molecule is CC(C)(C)C(=O)N[C@H]1CC[C@H](CCN2CCCCC2c2coc3cccc-3c2)CC1. The summed E-state index contributed by atoms with van der Waals surface area (Å²) in [6, 6.07) is 9.43. The molecule has 1 amide bonds. The fourth-order valence-electron chi connectivity index (χ4n) is 5.15. The van der Waals surface area contributed by atoms with Gasteiger partial charge in [0.15, 0.2) is 0 Å². The maximum atomic E-state index is 12.3. The molecule has 0 aromatic carbocycles. The van der Waals surface area contributed by atoms with Crippen molar-refractivity contribution in [3.05, 3.63) is 36.1 Å². The minimum Gasteiger partial charge on any atom is -0.464 e. The average Bonchev–Trinajstić information content (AvgIpc) is 3.20. The first-order chi connectivity index (χ1) is 14.4. The van der Waals surface area contributed by atoms with E-state index in [0.717, 1.165) is 24.5 Å². The number of hydrogen-bond donors (Lipinski definition) is 1. The first-order valence-corrected chi connectivity index (χ1v) is 11.9. The molecule has 0 spiro atoms. The molecule has 2 aliphatic carbocycles. The summed E-state index contributed by atoms with van der Waals surface area (Å²) in [7, 11) is 0. The van der Waals surface area contributed by atoms with Gasteiger partial charge in [-0.25, -0.2) is 0 Å². The fraction of sp³-hybridized carbons (Fsp3) is 0.654. The molecule has 4 heteroatoms. The van der Waals surface area contributed by atoms with Gasteiger partial charge in [0.05, 0.1) is 6.26 Å². The number of amides is 1. The number of carbonyl (C=O) groups excluding carboxylic acids is 1. The van der Waals surface area contributed by atoms with E-state index in [0.29, 0.717) is 12.1 Å². The van der Waals surface area contributed by atoms with Gasteiger partial charge in [-0.1, -0.05) is 39.3 Å². The lowest BCUT2D eigenvalue weighted by Crippen LogP contribution is -2.43. The molecule has 0 aromatic heterocycles. The molecule has 1 unspecified atom stereocenters. The van der Waals surface area contributed by atoms with Gasteiger partial charge in [0, 0.05) is 28.6 Å². The predicted octanol–water partition coefficient (Wildman–Crippen LogP) is 6.02. The largest absolute Gasteiger partial charge is 0.464 e. The molecule has 30 heavy (non-hydrogen) atoms. The molecule has 0 aromatic rings. The lowest BCUT2D eigenvalue weighted by molar-refractivity contribution is -0.129. The van der Waals surface area contributed by atoms with Crippen LogP contribution in [0.15, 0.2) is 34.9 Å². The summed E-state index contributed by atoms with van der Waals surface area (Å²) in [5.41, 5.74) is 2.26. The van der Waals surface area contributed by atoms with Gasteiger partial charge in [-0.15, -0.1) is 0 Å². The van der Waals surface area contributed by atoms with Crippen LogP contribution in [0.1, 0.15) is 83.7 Å². The highest BCUT2D eigenvalue weighted by molar-refractivity contribution is 5.81. The van der Waals surface area contributed by atoms with Gasteiger partial charge in [-0.2, -0.15) is 0 Å². The van der Waals surface area contributed by atoms with Crippen LogP contribution >= 0.6 is 0 Å². The molecule has 4 nitrogen and oxygen atoms in total. The first kappa shape index (κ1) is 21.4. The Morgan fingerprint density at radius 2 is 1.93 bits per heavy atom. The van der Waals surface area contributed by atoms with Crippen molar-refractivity contribution >= 4 is 5.91 Å². The number of nitrogens with one attached hydrogen (secondary N) is 1.